The highest BCUT2D eigenvalue weighted by Crippen LogP contribution is 2.15. The van der Waals surface area contributed by atoms with Crippen LogP contribution < -0.4 is 5.11 Å². The van der Waals surface area contributed by atoms with Gasteiger partial charge in [-0.25, -0.2) is 4.98 Å². The summed E-state index contributed by atoms with van der Waals surface area (Å²) < 4.78 is 0. The Hall–Kier alpha value is -0.900. The molecule has 24 heavy (non-hydrogen) atoms. The van der Waals surface area contributed by atoms with Gasteiger partial charge >= 0.3 is 0 Å². The van der Waals surface area contributed by atoms with Crippen molar-refractivity contribution in [2.45, 2.75) is 104 Å². The number of aryl methyl sites for hydroxylation is 2. The second-order valence-corrected chi connectivity index (χ2v) is 7.31. The van der Waals surface area contributed by atoms with Crippen LogP contribution in [0.4, 0.5) is 0 Å². The van der Waals surface area contributed by atoms with E-state index in [1.165, 1.54) is 87.8 Å². The van der Waals surface area contributed by atoms with E-state index in [0.29, 0.717) is 0 Å². The fraction of sp³-hybridized carbons (Fsp3) is 0.800. The van der Waals surface area contributed by atoms with E-state index in [9.17, 15) is 0 Å². The Morgan fingerprint density at radius 2 is 1.42 bits per heavy atom. The minimum atomic E-state index is -1.08. The molecule has 0 spiro atoms. The standard InChI is InChI=1S/C18H33NS.C2H4O2/c1-3-5-6-7-8-9-10-11-12-13-14-15-18-19-17(4-2)16-20-18;1-2(3)4/h16H,3-15H2,1-2H3;1H3,(H,3,4)/p-1. The summed E-state index contributed by atoms with van der Waals surface area (Å²) in [6, 6.07) is 0. The van der Waals surface area contributed by atoms with Gasteiger partial charge in [-0.1, -0.05) is 78.1 Å². The van der Waals surface area contributed by atoms with Gasteiger partial charge < -0.3 is 9.90 Å². The van der Waals surface area contributed by atoms with Crippen molar-refractivity contribution in [3.05, 3.63) is 16.1 Å². The molecule has 0 saturated carbocycles. The molecule has 4 heteroatoms. The number of carbonyl (C=O) groups is 1. The van der Waals surface area contributed by atoms with E-state index < -0.39 is 5.97 Å². The van der Waals surface area contributed by atoms with E-state index in [1.54, 1.807) is 0 Å². The molecule has 3 nitrogen and oxygen atoms in total. The zero-order chi connectivity index (χ0) is 18.0. The molecule has 0 bridgehead atoms. The van der Waals surface area contributed by atoms with Gasteiger partial charge in [0.1, 0.15) is 0 Å². The van der Waals surface area contributed by atoms with Crippen molar-refractivity contribution >= 4 is 17.3 Å². The molecule has 0 unspecified atom stereocenters. The van der Waals surface area contributed by atoms with Gasteiger partial charge in [0.2, 0.25) is 0 Å². The minimum absolute atomic E-state index is 0.972. The van der Waals surface area contributed by atoms with E-state index in [2.05, 4.69) is 24.2 Å². The number of hydrogen-bond acceptors (Lipinski definition) is 4. The van der Waals surface area contributed by atoms with Gasteiger partial charge in [-0.05, 0) is 26.2 Å². The number of nitrogens with zero attached hydrogens (tertiary/aromatic N) is 1. The molecule has 1 rings (SSSR count). The van der Waals surface area contributed by atoms with Crippen molar-refractivity contribution in [1.82, 2.24) is 4.98 Å². The molecule has 0 amide bonds. The first-order valence-corrected chi connectivity index (χ1v) is 10.6. The number of carboxylic acid groups (broad SMARTS) is 1. The molecule has 1 aromatic rings. The molecule has 0 N–H and O–H groups in total. The van der Waals surface area contributed by atoms with Gasteiger partial charge in [-0.2, -0.15) is 0 Å². The number of rotatable bonds is 13. The molecular weight excluding hydrogens is 318 g/mol. The smallest absolute Gasteiger partial charge is 0.0928 e. The third-order valence-corrected chi connectivity index (χ3v) is 4.91. The van der Waals surface area contributed by atoms with Crippen LogP contribution in [0.2, 0.25) is 0 Å². The first-order valence-electron chi connectivity index (χ1n) is 9.71. The van der Waals surface area contributed by atoms with Gasteiger partial charge in [0.25, 0.3) is 0 Å². The molecule has 140 valence electrons. The van der Waals surface area contributed by atoms with E-state index in [0.717, 1.165) is 13.3 Å². The minimum Gasteiger partial charge on any atom is -0.550 e. The number of hydrogen-bond donors (Lipinski definition) is 0. The average molecular weight is 355 g/mol. The van der Waals surface area contributed by atoms with E-state index in [1.807, 2.05) is 11.3 Å². The number of thiazole rings is 1. The number of aliphatic carboxylic acids is 1. The highest BCUT2D eigenvalue weighted by molar-refractivity contribution is 7.09. The SMILES string of the molecule is CC(=O)[O-].CCCCCCCCCCCCCc1nc(CC)cs1. The molecule has 0 atom stereocenters. The highest BCUT2D eigenvalue weighted by Gasteiger charge is 2.00. The lowest BCUT2D eigenvalue weighted by atomic mass is 10.1. The molecule has 0 saturated heterocycles. The van der Waals surface area contributed by atoms with Crippen LogP contribution in [0.5, 0.6) is 0 Å². The summed E-state index contributed by atoms with van der Waals surface area (Å²) in [5.41, 5.74) is 1.27. The Morgan fingerprint density at radius 3 is 1.83 bits per heavy atom. The molecule has 0 fully saturated rings. The van der Waals surface area contributed by atoms with Crippen molar-refractivity contribution < 1.29 is 9.90 Å². The van der Waals surface area contributed by atoms with Crippen LogP contribution in [-0.4, -0.2) is 11.0 Å². The Kier molecular flexibility index (Phi) is 16.3. The van der Waals surface area contributed by atoms with Crippen molar-refractivity contribution in [1.29, 1.82) is 0 Å². The molecule has 0 radical (unpaired) electrons. The predicted octanol–water partition coefficient (Wildman–Crippen LogP) is 5.32. The molecule has 0 aliphatic heterocycles. The fourth-order valence-corrected chi connectivity index (χ4v) is 3.49. The third kappa shape index (κ3) is 16.0. The van der Waals surface area contributed by atoms with E-state index in [4.69, 9.17) is 9.90 Å². The summed E-state index contributed by atoms with van der Waals surface area (Å²) in [6.45, 7) is 5.44. The lowest BCUT2D eigenvalue weighted by Crippen LogP contribution is -2.16. The second kappa shape index (κ2) is 16.9. The summed E-state index contributed by atoms with van der Waals surface area (Å²) in [5.74, 6) is -1.08. The third-order valence-electron chi connectivity index (χ3n) is 3.96. The van der Waals surface area contributed by atoms with E-state index in [-0.39, 0.29) is 0 Å². The number of carboxylic acids is 1. The molecule has 1 heterocycles. The van der Waals surface area contributed by atoms with Crippen LogP contribution in [-0.2, 0) is 17.6 Å². The Bertz CT molecular complexity index is 400. The monoisotopic (exact) mass is 354 g/mol. The Labute approximate surface area is 152 Å². The normalized spacial score (nSPS) is 10.3. The van der Waals surface area contributed by atoms with Crippen molar-refractivity contribution in [2.24, 2.45) is 0 Å². The van der Waals surface area contributed by atoms with Crippen molar-refractivity contribution in [2.75, 3.05) is 0 Å². The van der Waals surface area contributed by atoms with Crippen LogP contribution in [0.15, 0.2) is 5.38 Å². The summed E-state index contributed by atoms with van der Waals surface area (Å²) in [4.78, 5) is 13.5. The summed E-state index contributed by atoms with van der Waals surface area (Å²) in [6.07, 6.45) is 17.9. The Morgan fingerprint density at radius 1 is 0.958 bits per heavy atom. The van der Waals surface area contributed by atoms with Gasteiger partial charge in [0, 0.05) is 11.3 Å². The highest BCUT2D eigenvalue weighted by atomic mass is 32.1. The van der Waals surface area contributed by atoms with Gasteiger partial charge in [0.05, 0.1) is 10.7 Å². The fourth-order valence-electron chi connectivity index (χ4n) is 2.57. The first kappa shape index (κ1) is 23.1. The Balaban J connectivity index is 0.00000118. The maximum Gasteiger partial charge on any atom is 0.0928 e. The first-order chi connectivity index (χ1) is 11.6. The van der Waals surface area contributed by atoms with Crippen LogP contribution in [0.25, 0.3) is 0 Å². The zero-order valence-corrected chi connectivity index (χ0v) is 16.8. The van der Waals surface area contributed by atoms with E-state index >= 15 is 0 Å². The lowest BCUT2D eigenvalue weighted by Gasteiger charge is -2.02. The van der Waals surface area contributed by atoms with Crippen LogP contribution in [0.3, 0.4) is 0 Å². The zero-order valence-electron chi connectivity index (χ0n) is 15.9. The van der Waals surface area contributed by atoms with Gasteiger partial charge in [-0.15, -0.1) is 11.3 Å². The number of unbranched alkanes of at least 4 members (excludes halogenated alkanes) is 10. The maximum absolute atomic E-state index is 8.89. The molecule has 0 aromatic carbocycles. The number of carbonyl (C=O) groups excluding carboxylic acids is 1. The molecule has 0 aliphatic rings. The largest absolute Gasteiger partial charge is 0.550 e. The maximum atomic E-state index is 8.89. The number of aromatic nitrogens is 1. The average Bonchev–Trinajstić information content (AvgIpc) is 3.00. The van der Waals surface area contributed by atoms with Crippen molar-refractivity contribution in [3.63, 3.8) is 0 Å². The lowest BCUT2D eigenvalue weighted by molar-refractivity contribution is -0.302. The molecule has 1 aromatic heterocycles. The quantitative estimate of drug-likeness (QED) is 0.451. The molecule has 0 aliphatic carbocycles. The predicted molar refractivity (Wildman–Crippen MR) is 102 cm³/mol. The summed E-state index contributed by atoms with van der Waals surface area (Å²) in [7, 11) is 0. The topological polar surface area (TPSA) is 53.0 Å². The van der Waals surface area contributed by atoms with Crippen LogP contribution >= 0.6 is 11.3 Å². The van der Waals surface area contributed by atoms with Gasteiger partial charge in [-0.3, -0.25) is 0 Å². The van der Waals surface area contributed by atoms with Crippen LogP contribution in [0, 0.1) is 0 Å². The van der Waals surface area contributed by atoms with Crippen LogP contribution in [0.1, 0.15) is 102 Å². The van der Waals surface area contributed by atoms with Gasteiger partial charge in [0.15, 0.2) is 0 Å². The summed E-state index contributed by atoms with van der Waals surface area (Å²) >= 11 is 1.84. The second-order valence-electron chi connectivity index (χ2n) is 6.36. The summed E-state index contributed by atoms with van der Waals surface area (Å²) in [5, 5.41) is 12.5. The van der Waals surface area contributed by atoms with Crippen molar-refractivity contribution in [3.8, 4) is 0 Å². The molecular formula is C20H36NO2S-.